The number of ether oxygens (including phenoxy) is 1. The van der Waals surface area contributed by atoms with Gasteiger partial charge in [0.25, 0.3) is 5.91 Å². The molecule has 1 aliphatic carbocycles. The molecule has 45 heavy (non-hydrogen) atoms. The molecular formula is C26H19ClF8N6O4. The molecule has 0 atom stereocenters. The predicted octanol–water partition coefficient (Wildman–Crippen LogP) is 5.58. The Kier molecular flexibility index (Phi) is 8.72. The van der Waals surface area contributed by atoms with E-state index in [1.165, 1.54) is 18.2 Å². The van der Waals surface area contributed by atoms with E-state index in [-0.39, 0.29) is 52.1 Å². The van der Waals surface area contributed by atoms with E-state index >= 15 is 0 Å². The number of nitrogens with zero attached hydrogens (tertiary/aromatic N) is 6. The lowest BCUT2D eigenvalue weighted by Gasteiger charge is -2.27. The van der Waals surface area contributed by atoms with E-state index in [0.29, 0.717) is 11.0 Å². The second-order valence-corrected chi connectivity index (χ2v) is 10.2. The van der Waals surface area contributed by atoms with Crippen LogP contribution in [-0.4, -0.2) is 61.1 Å². The number of aromatic nitrogens is 4. The molecule has 4 rings (SSSR count). The molecule has 1 amide bonds. The lowest BCUT2D eigenvalue weighted by atomic mass is 10.0. The zero-order chi connectivity index (χ0) is 33.5. The van der Waals surface area contributed by atoms with Gasteiger partial charge in [0.15, 0.2) is 18.2 Å². The quantitative estimate of drug-likeness (QED) is 0.120. The lowest BCUT2D eigenvalue weighted by molar-refractivity contribution is -0.292. The molecule has 0 unspecified atom stereocenters. The summed E-state index contributed by atoms with van der Waals surface area (Å²) in [6.45, 7) is -0.659. The van der Waals surface area contributed by atoms with Gasteiger partial charge in [-0.25, -0.2) is 9.36 Å². The Balaban J connectivity index is 1.72. The Morgan fingerprint density at radius 1 is 1.16 bits per heavy atom. The number of rotatable bonds is 10. The number of carbonyl (C=O) groups is 3. The summed E-state index contributed by atoms with van der Waals surface area (Å²) >= 11 is 6.25. The van der Waals surface area contributed by atoms with Gasteiger partial charge in [-0.2, -0.15) is 50.6 Å². The van der Waals surface area contributed by atoms with Crippen LogP contribution < -0.4 is 0 Å². The third-order valence-electron chi connectivity index (χ3n) is 6.80. The summed E-state index contributed by atoms with van der Waals surface area (Å²) in [5.74, 6) is -8.87. The fraction of sp³-hybridized carbons (Fsp3) is 0.385. The number of hydrogen-bond donors (Lipinski definition) is 0. The third kappa shape index (κ3) is 6.34. The van der Waals surface area contributed by atoms with E-state index in [0.717, 1.165) is 24.3 Å². The monoisotopic (exact) mass is 666 g/mol. The average Bonchev–Trinajstić information content (AvgIpc) is 3.42. The SMILES string of the molecule is Cn1nc(C(F)(F)C(F)(F)F)c(C(F)(F)F)c1-n1cc(-c2ccc(Cl)c(C(=O)N(COC(=O)CCC=O)C3(C#N)CC3)c2)cn1. The van der Waals surface area contributed by atoms with Gasteiger partial charge in [-0.15, -0.1) is 0 Å². The van der Waals surface area contributed by atoms with Crippen molar-refractivity contribution in [2.24, 2.45) is 7.05 Å². The number of amides is 1. The summed E-state index contributed by atoms with van der Waals surface area (Å²) in [6, 6.07) is 5.71. The molecule has 0 spiro atoms. The molecule has 19 heteroatoms. The predicted molar refractivity (Wildman–Crippen MR) is 136 cm³/mol. The molecule has 0 radical (unpaired) electrons. The molecule has 3 aromatic rings. The van der Waals surface area contributed by atoms with Crippen LogP contribution in [0, 0.1) is 11.3 Å². The van der Waals surface area contributed by atoms with Crippen LogP contribution >= 0.6 is 11.6 Å². The van der Waals surface area contributed by atoms with Crippen molar-refractivity contribution in [3.8, 4) is 23.0 Å². The van der Waals surface area contributed by atoms with E-state index in [9.17, 15) is 54.8 Å². The minimum atomic E-state index is -6.38. The first-order valence-electron chi connectivity index (χ1n) is 12.6. The molecule has 1 fully saturated rings. The van der Waals surface area contributed by atoms with Gasteiger partial charge in [-0.1, -0.05) is 17.7 Å². The second kappa shape index (κ2) is 11.8. The zero-order valence-electron chi connectivity index (χ0n) is 22.7. The average molecular weight is 667 g/mol. The van der Waals surface area contributed by atoms with Crippen molar-refractivity contribution in [1.29, 1.82) is 5.26 Å². The maximum absolute atomic E-state index is 14.1. The van der Waals surface area contributed by atoms with Gasteiger partial charge in [0.2, 0.25) is 0 Å². The highest BCUT2D eigenvalue weighted by molar-refractivity contribution is 6.34. The molecule has 1 aliphatic rings. The second-order valence-electron chi connectivity index (χ2n) is 9.84. The summed E-state index contributed by atoms with van der Waals surface area (Å²) in [4.78, 5) is 37.0. The number of alkyl halides is 8. The third-order valence-corrected chi connectivity index (χ3v) is 7.13. The van der Waals surface area contributed by atoms with Gasteiger partial charge in [0.05, 0.1) is 29.3 Å². The van der Waals surface area contributed by atoms with Crippen LogP contribution in [0.25, 0.3) is 16.9 Å². The molecule has 0 bridgehead atoms. The van der Waals surface area contributed by atoms with Gasteiger partial charge in [-0.05, 0) is 30.5 Å². The maximum Gasteiger partial charge on any atom is 0.459 e. The molecule has 2 aromatic heterocycles. The number of aldehydes is 1. The summed E-state index contributed by atoms with van der Waals surface area (Å²) in [5, 5.41) is 16.1. The van der Waals surface area contributed by atoms with Crippen LogP contribution in [-0.2, 0) is 33.5 Å². The van der Waals surface area contributed by atoms with Crippen molar-refractivity contribution in [3.63, 3.8) is 0 Å². The van der Waals surface area contributed by atoms with Crippen LogP contribution in [0.2, 0.25) is 5.02 Å². The highest BCUT2D eigenvalue weighted by atomic mass is 35.5. The highest BCUT2D eigenvalue weighted by Gasteiger charge is 2.64. The number of carbonyl (C=O) groups excluding carboxylic acids is 3. The summed E-state index contributed by atoms with van der Waals surface area (Å²) in [6.07, 6.45) is -9.68. The first-order valence-corrected chi connectivity index (χ1v) is 13.0. The largest absolute Gasteiger partial charge is 0.459 e. The molecule has 1 aromatic carbocycles. The fourth-order valence-electron chi connectivity index (χ4n) is 4.32. The smallest absolute Gasteiger partial charge is 0.444 e. The van der Waals surface area contributed by atoms with E-state index < -0.39 is 59.5 Å². The Morgan fingerprint density at radius 2 is 1.82 bits per heavy atom. The Hall–Kier alpha value is -4.53. The molecule has 0 saturated heterocycles. The standard InChI is InChI=1S/C26H19ClF8N6O4/c1-39-21(19(25(30,31)32)20(38-39)24(28,29)26(33,34)35)41-11-15(10-37-41)14-4-5-17(27)16(9-14)22(44)40(23(12-36)6-7-23)13-45-18(43)3-2-8-42/h4-5,8-11H,2-3,6-7,13H2,1H3. The Bertz CT molecular complexity index is 1690. The number of benzene rings is 1. The van der Waals surface area contributed by atoms with Crippen LogP contribution in [0.4, 0.5) is 35.1 Å². The van der Waals surface area contributed by atoms with Crippen LogP contribution in [0.15, 0.2) is 30.6 Å². The molecule has 240 valence electrons. The number of nitriles is 1. The van der Waals surface area contributed by atoms with Gasteiger partial charge >= 0.3 is 24.2 Å². The van der Waals surface area contributed by atoms with Crippen molar-refractivity contribution in [2.75, 3.05) is 6.73 Å². The van der Waals surface area contributed by atoms with Gasteiger partial charge in [0, 0.05) is 25.2 Å². The zero-order valence-corrected chi connectivity index (χ0v) is 23.5. The molecule has 1 saturated carbocycles. The number of aryl methyl sites for hydroxylation is 1. The molecule has 2 heterocycles. The first-order chi connectivity index (χ1) is 20.9. The van der Waals surface area contributed by atoms with Gasteiger partial charge in [-0.3, -0.25) is 14.5 Å². The topological polar surface area (TPSA) is 123 Å². The van der Waals surface area contributed by atoms with Gasteiger partial charge < -0.3 is 9.53 Å². The number of hydrogen-bond acceptors (Lipinski definition) is 7. The van der Waals surface area contributed by atoms with Crippen molar-refractivity contribution in [3.05, 3.63) is 52.4 Å². The van der Waals surface area contributed by atoms with Crippen LogP contribution in [0.5, 0.6) is 0 Å². The Labute approximate surface area is 252 Å². The summed E-state index contributed by atoms with van der Waals surface area (Å²) in [7, 11) is 0.726. The minimum Gasteiger partial charge on any atom is -0.444 e. The molecule has 0 aliphatic heterocycles. The molecule has 10 nitrogen and oxygen atoms in total. The molecular weight excluding hydrogens is 648 g/mol. The minimum absolute atomic E-state index is 0.0209. The van der Waals surface area contributed by atoms with Crippen molar-refractivity contribution in [2.45, 2.75) is 49.5 Å². The van der Waals surface area contributed by atoms with E-state index in [4.69, 9.17) is 16.3 Å². The highest BCUT2D eigenvalue weighted by Crippen LogP contribution is 2.49. The van der Waals surface area contributed by atoms with Crippen LogP contribution in [0.1, 0.15) is 47.3 Å². The number of halogens is 9. The van der Waals surface area contributed by atoms with Crippen molar-refractivity contribution >= 4 is 29.8 Å². The normalized spacial score (nSPS) is 14.5. The van der Waals surface area contributed by atoms with E-state index in [2.05, 4.69) is 10.2 Å². The summed E-state index contributed by atoms with van der Waals surface area (Å²) < 4.78 is 115. The molecule has 0 N–H and O–H groups in total. The van der Waals surface area contributed by atoms with Crippen LogP contribution in [0.3, 0.4) is 0 Å². The Morgan fingerprint density at radius 3 is 2.38 bits per heavy atom. The van der Waals surface area contributed by atoms with Gasteiger partial charge in [0.1, 0.15) is 17.4 Å². The van der Waals surface area contributed by atoms with Crippen molar-refractivity contribution in [1.82, 2.24) is 24.5 Å². The number of esters is 1. The van der Waals surface area contributed by atoms with E-state index in [1.54, 1.807) is 0 Å². The maximum atomic E-state index is 14.1. The lowest BCUT2D eigenvalue weighted by Crippen LogP contribution is -2.43. The summed E-state index contributed by atoms with van der Waals surface area (Å²) in [5.41, 5.74) is -6.40. The first kappa shape index (κ1) is 33.4. The fourth-order valence-corrected chi connectivity index (χ4v) is 4.52. The van der Waals surface area contributed by atoms with E-state index in [1.807, 2.05) is 6.07 Å². The van der Waals surface area contributed by atoms with Crippen molar-refractivity contribution < 1.29 is 54.2 Å².